The molecule has 0 saturated carbocycles. The maximum Gasteiger partial charge on any atom is 0.337 e. The molecule has 0 radical (unpaired) electrons. The molecule has 1 N–H and O–H groups in total. The van der Waals surface area contributed by atoms with Crippen LogP contribution in [0.25, 0.3) is 0 Å². The van der Waals surface area contributed by atoms with E-state index < -0.39 is 5.97 Å². The van der Waals surface area contributed by atoms with Crippen LogP contribution in [0.15, 0.2) is 12.3 Å². The van der Waals surface area contributed by atoms with Gasteiger partial charge < -0.3 is 9.67 Å². The molecule has 0 fully saturated rings. The van der Waals surface area contributed by atoms with E-state index in [2.05, 4.69) is 19.8 Å². The van der Waals surface area contributed by atoms with Crippen molar-refractivity contribution in [2.75, 3.05) is 0 Å². The van der Waals surface area contributed by atoms with Gasteiger partial charge in [0.05, 0.1) is 12.1 Å². The summed E-state index contributed by atoms with van der Waals surface area (Å²) in [5.74, 6) is 2.04. The maximum absolute atomic E-state index is 11.0. The van der Waals surface area contributed by atoms with E-state index in [0.29, 0.717) is 18.0 Å². The number of rotatable bonds is 4. The summed E-state index contributed by atoms with van der Waals surface area (Å²) in [4.78, 5) is 11.0. The van der Waals surface area contributed by atoms with E-state index in [1.165, 1.54) is 0 Å². The molecular weight excluding hydrogens is 190 g/mol. The first-order valence-corrected chi connectivity index (χ1v) is 4.91. The van der Waals surface area contributed by atoms with Crippen molar-refractivity contribution < 1.29 is 9.90 Å². The maximum atomic E-state index is 11.0. The summed E-state index contributed by atoms with van der Waals surface area (Å²) in [5.41, 5.74) is 1.18. The van der Waals surface area contributed by atoms with Gasteiger partial charge in [-0.2, -0.15) is 0 Å². The van der Waals surface area contributed by atoms with E-state index >= 15 is 0 Å². The lowest BCUT2D eigenvalue weighted by Crippen LogP contribution is -2.09. The van der Waals surface area contributed by atoms with Crippen LogP contribution in [0.5, 0.6) is 0 Å². The Kier molecular flexibility index (Phi) is 3.56. The van der Waals surface area contributed by atoms with Gasteiger partial charge in [0.1, 0.15) is 0 Å². The second-order valence-electron chi connectivity index (χ2n) is 3.91. The first kappa shape index (κ1) is 11.4. The second-order valence-corrected chi connectivity index (χ2v) is 3.91. The molecule has 15 heavy (non-hydrogen) atoms. The zero-order valence-electron chi connectivity index (χ0n) is 9.03. The topological polar surface area (TPSA) is 42.2 Å². The smallest absolute Gasteiger partial charge is 0.337 e. The third-order valence-electron chi connectivity index (χ3n) is 2.17. The molecule has 0 aromatic carbocycles. The van der Waals surface area contributed by atoms with Crippen LogP contribution in [-0.2, 0) is 13.0 Å². The third kappa shape index (κ3) is 2.63. The molecule has 0 atom stereocenters. The lowest BCUT2D eigenvalue weighted by Gasteiger charge is -2.09. The highest BCUT2D eigenvalue weighted by Gasteiger charge is 2.15. The van der Waals surface area contributed by atoms with Crippen molar-refractivity contribution in [2.45, 2.75) is 26.8 Å². The van der Waals surface area contributed by atoms with E-state index in [1.807, 2.05) is 4.57 Å². The van der Waals surface area contributed by atoms with E-state index in [9.17, 15) is 4.79 Å². The van der Waals surface area contributed by atoms with Crippen molar-refractivity contribution in [3.8, 4) is 12.3 Å². The van der Waals surface area contributed by atoms with Crippen molar-refractivity contribution in [1.29, 1.82) is 0 Å². The molecule has 0 aliphatic carbocycles. The molecule has 0 saturated heterocycles. The molecule has 3 nitrogen and oxygen atoms in total. The molecule has 1 aromatic heterocycles. The normalized spacial score (nSPS) is 10.3. The summed E-state index contributed by atoms with van der Waals surface area (Å²) in [6, 6.07) is 1.61. The van der Waals surface area contributed by atoms with Crippen LogP contribution in [-0.4, -0.2) is 15.6 Å². The first-order chi connectivity index (χ1) is 7.06. The van der Waals surface area contributed by atoms with Crippen LogP contribution in [0.4, 0.5) is 0 Å². The van der Waals surface area contributed by atoms with Gasteiger partial charge in [-0.05, 0) is 18.4 Å². The minimum Gasteiger partial charge on any atom is -0.478 e. The number of carboxylic acid groups (broad SMARTS) is 1. The van der Waals surface area contributed by atoms with Crippen molar-refractivity contribution in [3.63, 3.8) is 0 Å². The first-order valence-electron chi connectivity index (χ1n) is 4.91. The lowest BCUT2D eigenvalue weighted by atomic mass is 10.1. The molecule has 1 rings (SSSR count). The second kappa shape index (κ2) is 4.70. The van der Waals surface area contributed by atoms with Crippen molar-refractivity contribution in [2.24, 2.45) is 5.92 Å². The van der Waals surface area contributed by atoms with Gasteiger partial charge in [0.25, 0.3) is 0 Å². The zero-order chi connectivity index (χ0) is 11.4. The lowest BCUT2D eigenvalue weighted by molar-refractivity contribution is 0.0695. The van der Waals surface area contributed by atoms with Gasteiger partial charge in [-0.1, -0.05) is 19.8 Å². The minimum absolute atomic E-state index is 0.360. The Bertz CT molecular complexity index is 396. The summed E-state index contributed by atoms with van der Waals surface area (Å²) in [5, 5.41) is 9.00. The monoisotopic (exact) mass is 205 g/mol. The predicted molar refractivity (Wildman–Crippen MR) is 58.8 cm³/mol. The number of carboxylic acids is 1. The third-order valence-corrected chi connectivity index (χ3v) is 2.17. The van der Waals surface area contributed by atoms with Gasteiger partial charge in [-0.3, -0.25) is 0 Å². The van der Waals surface area contributed by atoms with Crippen LogP contribution < -0.4 is 0 Å². The molecule has 0 spiro atoms. The number of terminal acetylenes is 1. The molecule has 1 aromatic rings. The number of hydrogen-bond acceptors (Lipinski definition) is 1. The number of aromatic carboxylic acids is 1. The molecule has 0 amide bonds. The fraction of sp³-hybridized carbons (Fsp3) is 0.417. The molecule has 3 heteroatoms. The number of hydrogen-bond donors (Lipinski definition) is 1. The number of nitrogens with zero attached hydrogens (tertiary/aromatic N) is 1. The van der Waals surface area contributed by atoms with Gasteiger partial charge in [-0.15, -0.1) is 6.42 Å². The van der Waals surface area contributed by atoms with E-state index in [4.69, 9.17) is 11.5 Å². The van der Waals surface area contributed by atoms with Gasteiger partial charge in [-0.25, -0.2) is 4.79 Å². The molecular formula is C12H15NO2. The Morgan fingerprint density at radius 3 is 2.80 bits per heavy atom. The largest absolute Gasteiger partial charge is 0.478 e. The Balaban J connectivity index is 3.09. The highest BCUT2D eigenvalue weighted by Crippen LogP contribution is 2.15. The Morgan fingerprint density at radius 1 is 1.67 bits per heavy atom. The Labute approximate surface area is 89.7 Å². The molecule has 0 aliphatic rings. The molecule has 0 unspecified atom stereocenters. The summed E-state index contributed by atoms with van der Waals surface area (Å²) in [6.45, 7) is 4.53. The van der Waals surface area contributed by atoms with E-state index in [0.717, 1.165) is 12.1 Å². The molecule has 1 heterocycles. The molecule has 80 valence electrons. The highest BCUT2D eigenvalue weighted by molar-refractivity contribution is 5.89. The van der Waals surface area contributed by atoms with Crippen molar-refractivity contribution in [1.82, 2.24) is 4.57 Å². The van der Waals surface area contributed by atoms with Crippen LogP contribution in [0, 0.1) is 18.3 Å². The van der Waals surface area contributed by atoms with Crippen LogP contribution in [0.2, 0.25) is 0 Å². The highest BCUT2D eigenvalue weighted by atomic mass is 16.4. The summed E-state index contributed by atoms with van der Waals surface area (Å²) >= 11 is 0. The van der Waals surface area contributed by atoms with Crippen LogP contribution in [0.3, 0.4) is 0 Å². The number of carbonyl (C=O) groups is 1. The average molecular weight is 205 g/mol. The van der Waals surface area contributed by atoms with Gasteiger partial charge in [0, 0.05) is 11.9 Å². The Morgan fingerprint density at radius 2 is 2.33 bits per heavy atom. The SMILES string of the molecule is C#CCn1ccc(C(=O)O)c1CC(C)C. The average Bonchev–Trinajstić information content (AvgIpc) is 2.48. The fourth-order valence-electron chi connectivity index (χ4n) is 1.56. The predicted octanol–water partition coefficient (Wildman–Crippen LogP) is 2.02. The zero-order valence-corrected chi connectivity index (χ0v) is 9.03. The van der Waals surface area contributed by atoms with Crippen LogP contribution >= 0.6 is 0 Å². The van der Waals surface area contributed by atoms with E-state index in [-0.39, 0.29) is 0 Å². The van der Waals surface area contributed by atoms with Crippen molar-refractivity contribution in [3.05, 3.63) is 23.5 Å². The van der Waals surface area contributed by atoms with Gasteiger partial charge in [0.15, 0.2) is 0 Å². The fourth-order valence-corrected chi connectivity index (χ4v) is 1.56. The number of aromatic nitrogens is 1. The molecule has 0 bridgehead atoms. The van der Waals surface area contributed by atoms with Gasteiger partial charge >= 0.3 is 5.97 Å². The quantitative estimate of drug-likeness (QED) is 0.764. The van der Waals surface area contributed by atoms with Gasteiger partial charge in [0.2, 0.25) is 0 Å². The van der Waals surface area contributed by atoms with E-state index in [1.54, 1.807) is 12.3 Å². The summed E-state index contributed by atoms with van der Waals surface area (Å²) in [7, 11) is 0. The summed E-state index contributed by atoms with van der Waals surface area (Å²) < 4.78 is 1.82. The van der Waals surface area contributed by atoms with Crippen LogP contribution in [0.1, 0.15) is 29.9 Å². The summed E-state index contributed by atoms with van der Waals surface area (Å²) in [6.07, 6.45) is 7.70. The minimum atomic E-state index is -0.888. The van der Waals surface area contributed by atoms with Crippen molar-refractivity contribution >= 4 is 5.97 Å². The molecule has 0 aliphatic heterocycles. The Hall–Kier alpha value is -1.69. The standard InChI is InChI=1S/C12H15NO2/c1-4-6-13-7-5-10(12(14)15)11(13)8-9(2)3/h1,5,7,9H,6,8H2,2-3H3,(H,14,15).